The molecular formula is C17H14BrFN4O. The third-order valence-electron chi connectivity index (χ3n) is 3.52. The molecule has 122 valence electrons. The van der Waals surface area contributed by atoms with Crippen molar-refractivity contribution in [1.82, 2.24) is 19.9 Å². The number of benzene rings is 1. The lowest BCUT2D eigenvalue weighted by Crippen LogP contribution is -2.23. The Labute approximate surface area is 146 Å². The van der Waals surface area contributed by atoms with Gasteiger partial charge in [0.1, 0.15) is 11.6 Å². The molecule has 2 aromatic heterocycles. The normalized spacial score (nSPS) is 10.6. The summed E-state index contributed by atoms with van der Waals surface area (Å²) < 4.78 is 16.7. The molecule has 3 aromatic rings. The van der Waals surface area contributed by atoms with Crippen LogP contribution in [-0.2, 0) is 6.54 Å². The van der Waals surface area contributed by atoms with Gasteiger partial charge in [-0.05, 0) is 46.6 Å². The van der Waals surface area contributed by atoms with E-state index in [9.17, 15) is 9.18 Å². The number of nitrogens with one attached hydrogen (secondary N) is 1. The van der Waals surface area contributed by atoms with Gasteiger partial charge >= 0.3 is 0 Å². The Morgan fingerprint density at radius 2 is 2.17 bits per heavy atom. The summed E-state index contributed by atoms with van der Waals surface area (Å²) >= 11 is 3.27. The van der Waals surface area contributed by atoms with E-state index >= 15 is 0 Å². The monoisotopic (exact) mass is 388 g/mol. The first-order valence-electron chi connectivity index (χ1n) is 7.22. The number of aromatic nitrogens is 3. The van der Waals surface area contributed by atoms with Gasteiger partial charge in [0.2, 0.25) is 0 Å². The van der Waals surface area contributed by atoms with Gasteiger partial charge in [-0.25, -0.2) is 9.37 Å². The number of carbonyl (C=O) groups excluding carboxylic acids is 1. The fourth-order valence-corrected chi connectivity index (χ4v) is 2.67. The molecule has 1 N–H and O–H groups in total. The van der Waals surface area contributed by atoms with Crippen molar-refractivity contribution in [2.75, 3.05) is 0 Å². The highest BCUT2D eigenvalue weighted by molar-refractivity contribution is 9.10. The molecule has 0 bridgehead atoms. The predicted octanol–water partition coefficient (Wildman–Crippen LogP) is 3.41. The van der Waals surface area contributed by atoms with Crippen LogP contribution in [0.25, 0.3) is 5.69 Å². The third-order valence-corrected chi connectivity index (χ3v) is 3.95. The summed E-state index contributed by atoms with van der Waals surface area (Å²) in [6.45, 7) is 2.03. The molecule has 1 amide bonds. The molecule has 1 aromatic carbocycles. The largest absolute Gasteiger partial charge is 0.348 e. The van der Waals surface area contributed by atoms with Crippen molar-refractivity contribution in [2.24, 2.45) is 0 Å². The van der Waals surface area contributed by atoms with E-state index < -0.39 is 0 Å². The van der Waals surface area contributed by atoms with Gasteiger partial charge in [-0.15, -0.1) is 0 Å². The second kappa shape index (κ2) is 6.92. The van der Waals surface area contributed by atoms with Crippen molar-refractivity contribution in [3.8, 4) is 5.69 Å². The standard InChI is InChI=1S/C17H14BrFN4O/c1-11-21-4-5-23(11)16-3-2-12(6-15(16)19)8-22-17(24)13-7-14(18)10-20-9-13/h2-7,9-10H,8H2,1H3,(H,22,24). The van der Waals surface area contributed by atoms with Crippen molar-refractivity contribution in [2.45, 2.75) is 13.5 Å². The molecule has 0 atom stereocenters. The zero-order valence-corrected chi connectivity index (χ0v) is 14.4. The van der Waals surface area contributed by atoms with Crippen LogP contribution < -0.4 is 5.32 Å². The van der Waals surface area contributed by atoms with Crippen molar-refractivity contribution < 1.29 is 9.18 Å². The molecule has 0 saturated heterocycles. The number of aryl methyl sites for hydroxylation is 1. The Balaban J connectivity index is 1.71. The number of hydrogen-bond acceptors (Lipinski definition) is 3. The molecule has 0 aliphatic rings. The SMILES string of the molecule is Cc1nccn1-c1ccc(CNC(=O)c2cncc(Br)c2)cc1F. The third kappa shape index (κ3) is 3.51. The molecule has 2 heterocycles. The Hall–Kier alpha value is -2.54. The topological polar surface area (TPSA) is 59.8 Å². The van der Waals surface area contributed by atoms with Gasteiger partial charge < -0.3 is 9.88 Å². The molecule has 0 fully saturated rings. The molecule has 3 rings (SSSR count). The van der Waals surface area contributed by atoms with Crippen LogP contribution in [0.3, 0.4) is 0 Å². The second-order valence-electron chi connectivity index (χ2n) is 5.20. The fourth-order valence-electron chi connectivity index (χ4n) is 2.31. The van der Waals surface area contributed by atoms with Gasteiger partial charge in [0, 0.05) is 35.8 Å². The summed E-state index contributed by atoms with van der Waals surface area (Å²) in [7, 11) is 0. The van der Waals surface area contributed by atoms with Crippen LogP contribution in [0.5, 0.6) is 0 Å². The number of amides is 1. The molecule has 0 unspecified atom stereocenters. The van der Waals surface area contributed by atoms with Crippen molar-refractivity contribution in [1.29, 1.82) is 0 Å². The van der Waals surface area contributed by atoms with Crippen LogP contribution in [0, 0.1) is 12.7 Å². The van der Waals surface area contributed by atoms with Crippen LogP contribution in [-0.4, -0.2) is 20.4 Å². The van der Waals surface area contributed by atoms with Crippen LogP contribution in [0.4, 0.5) is 4.39 Å². The minimum atomic E-state index is -0.369. The van der Waals surface area contributed by atoms with E-state index in [1.54, 1.807) is 48.3 Å². The number of nitrogens with zero attached hydrogens (tertiary/aromatic N) is 3. The zero-order valence-electron chi connectivity index (χ0n) is 12.8. The summed E-state index contributed by atoms with van der Waals surface area (Å²) in [5, 5.41) is 2.75. The van der Waals surface area contributed by atoms with E-state index in [1.165, 1.54) is 12.3 Å². The smallest absolute Gasteiger partial charge is 0.253 e. The Morgan fingerprint density at radius 1 is 1.33 bits per heavy atom. The average Bonchev–Trinajstić information content (AvgIpc) is 2.98. The van der Waals surface area contributed by atoms with E-state index in [2.05, 4.69) is 31.2 Å². The van der Waals surface area contributed by atoms with E-state index in [4.69, 9.17) is 0 Å². The maximum atomic E-state index is 14.3. The van der Waals surface area contributed by atoms with Gasteiger partial charge in [-0.3, -0.25) is 9.78 Å². The number of halogens is 2. The summed E-state index contributed by atoms with van der Waals surface area (Å²) in [6.07, 6.45) is 6.40. The quantitative estimate of drug-likeness (QED) is 0.744. The van der Waals surface area contributed by atoms with Crippen molar-refractivity contribution >= 4 is 21.8 Å². The molecule has 0 saturated carbocycles. The predicted molar refractivity (Wildman–Crippen MR) is 91.4 cm³/mol. The van der Waals surface area contributed by atoms with Crippen LogP contribution in [0.1, 0.15) is 21.7 Å². The molecule has 7 heteroatoms. The zero-order chi connectivity index (χ0) is 17.1. The second-order valence-corrected chi connectivity index (χ2v) is 6.12. The molecular weight excluding hydrogens is 375 g/mol. The first kappa shape index (κ1) is 16.3. The lowest BCUT2D eigenvalue weighted by molar-refractivity contribution is 0.0950. The maximum Gasteiger partial charge on any atom is 0.253 e. The van der Waals surface area contributed by atoms with E-state index in [-0.39, 0.29) is 18.3 Å². The van der Waals surface area contributed by atoms with Gasteiger partial charge in [-0.1, -0.05) is 6.07 Å². The average molecular weight is 389 g/mol. The van der Waals surface area contributed by atoms with Gasteiger partial charge in [0.25, 0.3) is 5.91 Å². The first-order valence-corrected chi connectivity index (χ1v) is 8.01. The molecule has 0 aliphatic heterocycles. The highest BCUT2D eigenvalue weighted by Crippen LogP contribution is 2.17. The van der Waals surface area contributed by atoms with Crippen molar-refractivity contribution in [3.05, 3.63) is 76.3 Å². The molecule has 5 nitrogen and oxygen atoms in total. The molecule has 0 aliphatic carbocycles. The van der Waals surface area contributed by atoms with Crippen LogP contribution in [0.2, 0.25) is 0 Å². The number of imidazole rings is 1. The van der Waals surface area contributed by atoms with E-state index in [0.29, 0.717) is 22.6 Å². The number of pyridine rings is 1. The minimum absolute atomic E-state index is 0.228. The van der Waals surface area contributed by atoms with E-state index in [1.807, 2.05) is 0 Å². The summed E-state index contributed by atoms with van der Waals surface area (Å²) in [5.74, 6) is 0.0721. The maximum absolute atomic E-state index is 14.3. The van der Waals surface area contributed by atoms with Crippen molar-refractivity contribution in [3.63, 3.8) is 0 Å². The number of rotatable bonds is 4. The highest BCUT2D eigenvalue weighted by Gasteiger charge is 2.10. The first-order chi connectivity index (χ1) is 11.5. The number of hydrogen-bond donors (Lipinski definition) is 1. The number of carbonyl (C=O) groups is 1. The lowest BCUT2D eigenvalue weighted by atomic mass is 10.2. The highest BCUT2D eigenvalue weighted by atomic mass is 79.9. The Bertz CT molecular complexity index is 894. The van der Waals surface area contributed by atoms with Gasteiger partial charge in [0.05, 0.1) is 11.3 Å². The lowest BCUT2D eigenvalue weighted by Gasteiger charge is -2.09. The summed E-state index contributed by atoms with van der Waals surface area (Å²) in [6, 6.07) is 6.53. The summed E-state index contributed by atoms with van der Waals surface area (Å²) in [5.41, 5.74) is 1.54. The van der Waals surface area contributed by atoms with Gasteiger partial charge in [-0.2, -0.15) is 0 Å². The Kier molecular flexibility index (Phi) is 4.71. The van der Waals surface area contributed by atoms with Crippen LogP contribution >= 0.6 is 15.9 Å². The Morgan fingerprint density at radius 3 is 2.83 bits per heavy atom. The fraction of sp³-hybridized carbons (Fsp3) is 0.118. The van der Waals surface area contributed by atoms with Crippen LogP contribution in [0.15, 0.2) is 53.5 Å². The molecule has 0 radical (unpaired) electrons. The minimum Gasteiger partial charge on any atom is -0.348 e. The van der Waals surface area contributed by atoms with E-state index in [0.717, 1.165) is 4.47 Å². The summed E-state index contributed by atoms with van der Waals surface area (Å²) in [4.78, 5) is 20.1. The molecule has 0 spiro atoms. The van der Waals surface area contributed by atoms with Gasteiger partial charge in [0.15, 0.2) is 0 Å². The molecule has 24 heavy (non-hydrogen) atoms.